The molecule has 0 radical (unpaired) electrons. The van der Waals surface area contributed by atoms with Gasteiger partial charge in [0.15, 0.2) is 5.43 Å². The summed E-state index contributed by atoms with van der Waals surface area (Å²) in [5.74, 6) is 0.809. The van der Waals surface area contributed by atoms with Gasteiger partial charge < -0.3 is 9.15 Å². The average molecular weight is 244 g/mol. The Hall–Kier alpha value is -1.61. The monoisotopic (exact) mass is 244 g/mol. The zero-order valence-corrected chi connectivity index (χ0v) is 10.4. The smallest absolute Gasteiger partial charge is 0.198 e. The molecule has 3 rings (SSSR count). The van der Waals surface area contributed by atoms with Crippen LogP contribution < -0.4 is 5.43 Å². The molecule has 3 nitrogen and oxygen atoms in total. The van der Waals surface area contributed by atoms with E-state index in [1.54, 1.807) is 0 Å². The summed E-state index contributed by atoms with van der Waals surface area (Å²) in [6, 6.07) is 7.42. The van der Waals surface area contributed by atoms with Crippen LogP contribution in [-0.4, -0.2) is 6.61 Å². The largest absolute Gasteiger partial charge is 0.460 e. The molecule has 0 saturated heterocycles. The van der Waals surface area contributed by atoms with Gasteiger partial charge >= 0.3 is 0 Å². The molecule has 0 amide bonds. The highest BCUT2D eigenvalue weighted by Gasteiger charge is 2.26. The van der Waals surface area contributed by atoms with Gasteiger partial charge in [0.25, 0.3) is 0 Å². The van der Waals surface area contributed by atoms with Gasteiger partial charge in [-0.25, -0.2) is 0 Å². The summed E-state index contributed by atoms with van der Waals surface area (Å²) in [5.41, 5.74) is 1.49. The molecule has 1 heterocycles. The molecule has 3 heteroatoms. The molecule has 2 aromatic rings. The van der Waals surface area contributed by atoms with E-state index in [2.05, 4.69) is 0 Å². The van der Waals surface area contributed by atoms with Gasteiger partial charge in [0.1, 0.15) is 11.3 Å². The Labute approximate surface area is 105 Å². The van der Waals surface area contributed by atoms with Gasteiger partial charge in [0.2, 0.25) is 0 Å². The number of rotatable bonds is 2. The van der Waals surface area contributed by atoms with Gasteiger partial charge in [-0.05, 0) is 31.9 Å². The van der Waals surface area contributed by atoms with Crippen LogP contribution >= 0.6 is 0 Å². The van der Waals surface area contributed by atoms with Crippen molar-refractivity contribution < 1.29 is 9.15 Å². The molecule has 0 spiro atoms. The average Bonchev–Trinajstić information content (AvgIpc) is 2.39. The fourth-order valence-corrected chi connectivity index (χ4v) is 2.67. The summed E-state index contributed by atoms with van der Waals surface area (Å²) in [7, 11) is 0. The Morgan fingerprint density at radius 3 is 3.06 bits per heavy atom. The van der Waals surface area contributed by atoms with Crippen LogP contribution in [0.5, 0.6) is 0 Å². The number of benzene rings is 1. The molecule has 1 aliphatic rings. The molecule has 0 N–H and O–H groups in total. The van der Waals surface area contributed by atoms with Crippen LogP contribution in [0.25, 0.3) is 11.0 Å². The minimum absolute atomic E-state index is 0.0741. The minimum atomic E-state index is -0.0976. The SMILES string of the molecule is CCOC1CCCc2oc3ccccc3c(=O)c21. The Bertz CT molecular complexity index is 627. The molecule has 0 aliphatic heterocycles. The van der Waals surface area contributed by atoms with E-state index in [0.29, 0.717) is 17.6 Å². The van der Waals surface area contributed by atoms with E-state index in [0.717, 1.165) is 30.6 Å². The third-order valence-corrected chi connectivity index (χ3v) is 3.47. The van der Waals surface area contributed by atoms with Gasteiger partial charge in [0.05, 0.1) is 17.1 Å². The first-order valence-electron chi connectivity index (χ1n) is 6.47. The van der Waals surface area contributed by atoms with E-state index in [9.17, 15) is 4.79 Å². The van der Waals surface area contributed by atoms with Gasteiger partial charge in [-0.3, -0.25) is 4.79 Å². The number of aryl methyl sites for hydroxylation is 1. The van der Waals surface area contributed by atoms with E-state index < -0.39 is 0 Å². The summed E-state index contributed by atoms with van der Waals surface area (Å²) in [6.45, 7) is 2.58. The van der Waals surface area contributed by atoms with Crippen molar-refractivity contribution in [3.05, 3.63) is 45.8 Å². The van der Waals surface area contributed by atoms with E-state index in [-0.39, 0.29) is 11.5 Å². The minimum Gasteiger partial charge on any atom is -0.460 e. The van der Waals surface area contributed by atoms with Crippen molar-refractivity contribution in [3.8, 4) is 0 Å². The highest BCUT2D eigenvalue weighted by molar-refractivity contribution is 5.77. The summed E-state index contributed by atoms with van der Waals surface area (Å²) in [5, 5.41) is 0.655. The Balaban J connectivity index is 2.25. The Morgan fingerprint density at radius 1 is 1.39 bits per heavy atom. The summed E-state index contributed by atoms with van der Waals surface area (Å²) >= 11 is 0. The van der Waals surface area contributed by atoms with Crippen LogP contribution in [0.2, 0.25) is 0 Å². The predicted molar refractivity (Wildman–Crippen MR) is 69.8 cm³/mol. The van der Waals surface area contributed by atoms with Gasteiger partial charge in [-0.15, -0.1) is 0 Å². The second-order valence-corrected chi connectivity index (χ2v) is 4.60. The molecule has 1 aromatic heterocycles. The molecule has 0 fully saturated rings. The molecule has 0 saturated carbocycles. The van der Waals surface area contributed by atoms with Crippen molar-refractivity contribution in [2.45, 2.75) is 32.3 Å². The zero-order valence-electron chi connectivity index (χ0n) is 10.4. The first-order chi connectivity index (χ1) is 8.81. The molecular formula is C15H16O3. The molecular weight excluding hydrogens is 228 g/mol. The fraction of sp³-hybridized carbons (Fsp3) is 0.400. The number of ether oxygens (including phenoxy) is 1. The molecule has 1 aromatic carbocycles. The highest BCUT2D eigenvalue weighted by Crippen LogP contribution is 2.32. The van der Waals surface area contributed by atoms with Crippen LogP contribution in [0.1, 0.15) is 37.2 Å². The number of para-hydroxylation sites is 1. The van der Waals surface area contributed by atoms with Crippen LogP contribution in [-0.2, 0) is 11.2 Å². The summed E-state index contributed by atoms with van der Waals surface area (Å²) in [4.78, 5) is 12.5. The van der Waals surface area contributed by atoms with Crippen molar-refractivity contribution in [3.63, 3.8) is 0 Å². The van der Waals surface area contributed by atoms with E-state index >= 15 is 0 Å². The third-order valence-electron chi connectivity index (χ3n) is 3.47. The predicted octanol–water partition coefficient (Wildman–Crippen LogP) is 3.21. The van der Waals surface area contributed by atoms with Crippen molar-refractivity contribution in [2.24, 2.45) is 0 Å². The zero-order chi connectivity index (χ0) is 12.5. The van der Waals surface area contributed by atoms with Gasteiger partial charge in [-0.2, -0.15) is 0 Å². The van der Waals surface area contributed by atoms with Gasteiger partial charge in [-0.1, -0.05) is 12.1 Å². The second kappa shape index (κ2) is 4.58. The normalized spacial score (nSPS) is 18.8. The first kappa shape index (κ1) is 11.5. The lowest BCUT2D eigenvalue weighted by Gasteiger charge is -2.23. The first-order valence-corrected chi connectivity index (χ1v) is 6.47. The maximum absolute atomic E-state index is 12.5. The van der Waals surface area contributed by atoms with E-state index in [1.165, 1.54) is 0 Å². The van der Waals surface area contributed by atoms with Crippen molar-refractivity contribution in [1.29, 1.82) is 0 Å². The highest BCUT2D eigenvalue weighted by atomic mass is 16.5. The fourth-order valence-electron chi connectivity index (χ4n) is 2.67. The lowest BCUT2D eigenvalue weighted by atomic mass is 9.93. The number of fused-ring (bicyclic) bond motifs is 2. The van der Waals surface area contributed by atoms with Crippen LogP contribution in [0.15, 0.2) is 33.5 Å². The topological polar surface area (TPSA) is 39.4 Å². The molecule has 1 aliphatic carbocycles. The lowest BCUT2D eigenvalue weighted by molar-refractivity contribution is 0.0464. The van der Waals surface area contributed by atoms with Crippen molar-refractivity contribution in [1.82, 2.24) is 0 Å². The summed E-state index contributed by atoms with van der Waals surface area (Å²) < 4.78 is 11.5. The lowest BCUT2D eigenvalue weighted by Crippen LogP contribution is -2.22. The van der Waals surface area contributed by atoms with Crippen LogP contribution in [0, 0.1) is 0 Å². The third kappa shape index (κ3) is 1.75. The second-order valence-electron chi connectivity index (χ2n) is 4.60. The van der Waals surface area contributed by atoms with E-state index in [1.807, 2.05) is 31.2 Å². The van der Waals surface area contributed by atoms with Crippen molar-refractivity contribution >= 4 is 11.0 Å². The quantitative estimate of drug-likeness (QED) is 0.814. The Kier molecular flexibility index (Phi) is 2.92. The molecule has 18 heavy (non-hydrogen) atoms. The standard InChI is InChI=1S/C15H16O3/c1-2-17-12-8-5-9-13-14(12)15(16)10-6-3-4-7-11(10)18-13/h3-4,6-7,12H,2,5,8-9H2,1H3. The Morgan fingerprint density at radius 2 is 2.22 bits per heavy atom. The number of hydrogen-bond acceptors (Lipinski definition) is 3. The molecule has 1 unspecified atom stereocenters. The maximum Gasteiger partial charge on any atom is 0.198 e. The van der Waals surface area contributed by atoms with Crippen LogP contribution in [0.4, 0.5) is 0 Å². The van der Waals surface area contributed by atoms with Gasteiger partial charge in [0, 0.05) is 13.0 Å². The van der Waals surface area contributed by atoms with Crippen LogP contribution in [0.3, 0.4) is 0 Å². The molecule has 0 bridgehead atoms. The summed E-state index contributed by atoms with van der Waals surface area (Å²) in [6.07, 6.45) is 2.65. The number of hydrogen-bond donors (Lipinski definition) is 0. The maximum atomic E-state index is 12.5. The van der Waals surface area contributed by atoms with E-state index in [4.69, 9.17) is 9.15 Å². The van der Waals surface area contributed by atoms with Crippen molar-refractivity contribution in [2.75, 3.05) is 6.61 Å². The molecule has 1 atom stereocenters. The molecule has 94 valence electrons.